The summed E-state index contributed by atoms with van der Waals surface area (Å²) in [6.07, 6.45) is -4.47. The van der Waals surface area contributed by atoms with Crippen molar-refractivity contribution in [1.82, 2.24) is 5.43 Å². The van der Waals surface area contributed by atoms with Gasteiger partial charge < -0.3 is 5.32 Å². The lowest BCUT2D eigenvalue weighted by molar-refractivity contribution is -0.137. The monoisotopic (exact) mass is 297 g/mol. The second-order valence-corrected chi connectivity index (χ2v) is 3.74. The van der Waals surface area contributed by atoms with E-state index in [0.29, 0.717) is 0 Å². The first kappa shape index (κ1) is 12.8. The molecule has 1 aromatic rings. The summed E-state index contributed by atoms with van der Waals surface area (Å²) in [6.45, 7) is 0. The number of hydrogen-bond donors (Lipinski definition) is 3. The third-order valence-electron chi connectivity index (χ3n) is 1.61. The molecule has 0 aromatic heterocycles. The molecule has 0 spiro atoms. The molecule has 0 fully saturated rings. The number of carbonyl (C=O) groups excluding carboxylic acids is 1. The van der Waals surface area contributed by atoms with Gasteiger partial charge in [0.25, 0.3) is 0 Å². The molecular weight excluding hydrogens is 291 g/mol. The van der Waals surface area contributed by atoms with Crippen LogP contribution in [0.2, 0.25) is 0 Å². The Morgan fingerprint density at radius 3 is 2.44 bits per heavy atom. The fourth-order valence-corrected chi connectivity index (χ4v) is 1.49. The van der Waals surface area contributed by atoms with Gasteiger partial charge in [0.05, 0.1) is 5.56 Å². The van der Waals surface area contributed by atoms with Crippen molar-refractivity contribution in [3.05, 3.63) is 28.2 Å². The summed E-state index contributed by atoms with van der Waals surface area (Å²) in [5.74, 6) is 4.79. The molecule has 4 N–H and O–H groups in total. The Morgan fingerprint density at radius 1 is 1.31 bits per heavy atom. The van der Waals surface area contributed by atoms with Crippen LogP contribution in [0, 0.1) is 0 Å². The Labute approximate surface area is 97.1 Å². The summed E-state index contributed by atoms with van der Waals surface area (Å²) in [4.78, 5) is 10.8. The number of rotatable bonds is 1. The Bertz CT molecular complexity index is 408. The predicted molar refractivity (Wildman–Crippen MR) is 55.5 cm³/mol. The second kappa shape index (κ2) is 4.71. The number of hydrazine groups is 1. The van der Waals surface area contributed by atoms with E-state index in [0.717, 1.165) is 12.1 Å². The van der Waals surface area contributed by atoms with Crippen molar-refractivity contribution in [3.8, 4) is 0 Å². The maximum atomic E-state index is 12.4. The van der Waals surface area contributed by atoms with Gasteiger partial charge in [-0.1, -0.05) is 15.9 Å². The summed E-state index contributed by atoms with van der Waals surface area (Å²) in [5.41, 5.74) is 0.868. The number of nitrogens with two attached hydrogens (primary N) is 1. The Hall–Kier alpha value is -1.28. The minimum Gasteiger partial charge on any atom is -0.307 e. The number of amides is 2. The van der Waals surface area contributed by atoms with Crippen LogP contribution in [0.15, 0.2) is 22.7 Å². The van der Waals surface area contributed by atoms with Crippen LogP contribution in [-0.2, 0) is 6.18 Å². The van der Waals surface area contributed by atoms with Crippen molar-refractivity contribution in [3.63, 3.8) is 0 Å². The lowest BCUT2D eigenvalue weighted by Gasteiger charge is -2.10. The van der Waals surface area contributed by atoms with Gasteiger partial charge in [0.15, 0.2) is 0 Å². The van der Waals surface area contributed by atoms with Gasteiger partial charge in [0.2, 0.25) is 0 Å². The summed E-state index contributed by atoms with van der Waals surface area (Å²) in [7, 11) is 0. The van der Waals surface area contributed by atoms with E-state index >= 15 is 0 Å². The first-order valence-corrected chi connectivity index (χ1v) is 4.77. The third-order valence-corrected chi connectivity index (χ3v) is 2.07. The molecule has 0 atom stereocenters. The molecule has 0 saturated carbocycles. The van der Waals surface area contributed by atoms with E-state index in [1.165, 1.54) is 6.07 Å². The van der Waals surface area contributed by atoms with Gasteiger partial charge in [-0.05, 0) is 18.2 Å². The third kappa shape index (κ3) is 3.38. The highest BCUT2D eigenvalue weighted by Crippen LogP contribution is 2.33. The van der Waals surface area contributed by atoms with Gasteiger partial charge in [-0.15, -0.1) is 0 Å². The molecule has 4 nitrogen and oxygen atoms in total. The molecule has 16 heavy (non-hydrogen) atoms. The van der Waals surface area contributed by atoms with Gasteiger partial charge in [-0.25, -0.2) is 10.6 Å². The molecular formula is C8H7BrF3N3O. The van der Waals surface area contributed by atoms with Gasteiger partial charge in [0.1, 0.15) is 0 Å². The molecule has 0 saturated heterocycles. The number of urea groups is 1. The van der Waals surface area contributed by atoms with Crippen molar-refractivity contribution >= 4 is 27.6 Å². The van der Waals surface area contributed by atoms with Crippen molar-refractivity contribution in [2.24, 2.45) is 5.84 Å². The summed E-state index contributed by atoms with van der Waals surface area (Å²) in [5, 5.41) is 2.14. The summed E-state index contributed by atoms with van der Waals surface area (Å²) >= 11 is 2.91. The zero-order valence-electron chi connectivity index (χ0n) is 7.73. The minimum absolute atomic E-state index is 0.00958. The molecule has 0 aliphatic carbocycles. The van der Waals surface area contributed by atoms with Crippen molar-refractivity contribution in [2.45, 2.75) is 6.18 Å². The topological polar surface area (TPSA) is 67.1 Å². The molecule has 8 heteroatoms. The molecule has 2 amide bonds. The van der Waals surface area contributed by atoms with Gasteiger partial charge >= 0.3 is 12.2 Å². The average Bonchev–Trinajstić information content (AvgIpc) is 2.15. The highest BCUT2D eigenvalue weighted by Gasteiger charge is 2.31. The Morgan fingerprint density at radius 2 is 1.94 bits per heavy atom. The number of anilines is 1. The zero-order valence-corrected chi connectivity index (χ0v) is 9.32. The summed E-state index contributed by atoms with van der Waals surface area (Å²) < 4.78 is 37.4. The summed E-state index contributed by atoms with van der Waals surface area (Å²) in [6, 6.07) is 2.24. The van der Waals surface area contributed by atoms with Crippen LogP contribution < -0.4 is 16.6 Å². The van der Waals surface area contributed by atoms with Gasteiger partial charge in [-0.2, -0.15) is 13.2 Å². The van der Waals surface area contributed by atoms with Crippen molar-refractivity contribution in [1.29, 1.82) is 0 Å². The number of alkyl halides is 3. The minimum atomic E-state index is -4.47. The van der Waals surface area contributed by atoms with Crippen LogP contribution in [0.4, 0.5) is 23.7 Å². The van der Waals surface area contributed by atoms with Gasteiger partial charge in [0, 0.05) is 10.2 Å². The van der Waals surface area contributed by atoms with Crippen LogP contribution in [0.5, 0.6) is 0 Å². The Kier molecular flexibility index (Phi) is 3.76. The molecule has 0 bridgehead atoms. The molecule has 0 radical (unpaired) electrons. The standard InChI is InChI=1S/C8H7BrF3N3O/c9-5-1-4(8(10,11)12)2-6(3-5)14-7(16)15-13/h1-3H,13H2,(H2,14,15,16). The molecule has 1 aromatic carbocycles. The molecule has 0 aliphatic rings. The van der Waals surface area contributed by atoms with Crippen LogP contribution >= 0.6 is 15.9 Å². The lowest BCUT2D eigenvalue weighted by Crippen LogP contribution is -2.34. The number of benzene rings is 1. The quantitative estimate of drug-likeness (QED) is 0.423. The largest absolute Gasteiger partial charge is 0.416 e. The smallest absolute Gasteiger partial charge is 0.307 e. The van der Waals surface area contributed by atoms with E-state index in [2.05, 4.69) is 21.2 Å². The van der Waals surface area contributed by atoms with Crippen LogP contribution in [-0.4, -0.2) is 6.03 Å². The molecule has 0 heterocycles. The fourth-order valence-electron chi connectivity index (χ4n) is 0.993. The van der Waals surface area contributed by atoms with Crippen molar-refractivity contribution in [2.75, 3.05) is 5.32 Å². The van der Waals surface area contributed by atoms with Gasteiger partial charge in [-0.3, -0.25) is 5.43 Å². The highest BCUT2D eigenvalue weighted by molar-refractivity contribution is 9.10. The first-order valence-electron chi connectivity index (χ1n) is 3.98. The van der Waals surface area contributed by atoms with E-state index in [1.807, 2.05) is 0 Å². The number of carbonyl (C=O) groups is 1. The molecule has 88 valence electrons. The maximum absolute atomic E-state index is 12.4. The zero-order chi connectivity index (χ0) is 12.3. The predicted octanol–water partition coefficient (Wildman–Crippen LogP) is 2.46. The van der Waals surface area contributed by atoms with E-state index in [9.17, 15) is 18.0 Å². The number of nitrogens with one attached hydrogen (secondary N) is 2. The van der Waals surface area contributed by atoms with Crippen molar-refractivity contribution < 1.29 is 18.0 Å². The number of hydrogen-bond acceptors (Lipinski definition) is 2. The molecule has 1 rings (SSSR count). The first-order chi connectivity index (χ1) is 7.32. The van der Waals surface area contributed by atoms with Crippen LogP contribution in [0.3, 0.4) is 0 Å². The second-order valence-electron chi connectivity index (χ2n) is 2.82. The molecule has 0 aliphatic heterocycles. The highest BCUT2D eigenvalue weighted by atomic mass is 79.9. The fraction of sp³-hybridized carbons (Fsp3) is 0.125. The van der Waals surface area contributed by atoms with E-state index < -0.39 is 17.8 Å². The van der Waals surface area contributed by atoms with E-state index in [-0.39, 0.29) is 10.2 Å². The lowest BCUT2D eigenvalue weighted by atomic mass is 10.2. The Balaban J connectivity index is 3.04. The maximum Gasteiger partial charge on any atom is 0.416 e. The van der Waals surface area contributed by atoms with E-state index in [1.54, 1.807) is 5.43 Å². The van der Waals surface area contributed by atoms with Crippen LogP contribution in [0.1, 0.15) is 5.56 Å². The SMILES string of the molecule is NNC(=O)Nc1cc(Br)cc(C(F)(F)F)c1. The molecule has 0 unspecified atom stereocenters. The van der Waals surface area contributed by atoms with Crippen LogP contribution in [0.25, 0.3) is 0 Å². The number of halogens is 4. The average molecular weight is 298 g/mol. The normalized spacial score (nSPS) is 11.1. The van der Waals surface area contributed by atoms with E-state index in [4.69, 9.17) is 5.84 Å².